The van der Waals surface area contributed by atoms with E-state index in [1.165, 1.54) is 0 Å². The summed E-state index contributed by atoms with van der Waals surface area (Å²) >= 11 is 5.94. The van der Waals surface area contributed by atoms with Crippen molar-refractivity contribution in [2.24, 2.45) is 0 Å². The number of rotatable bonds is 1. The molecule has 1 aromatic carbocycles. The molecule has 12 heavy (non-hydrogen) atoms. The lowest BCUT2D eigenvalue weighted by Crippen LogP contribution is -1.89. The van der Waals surface area contributed by atoms with Gasteiger partial charge in [-0.3, -0.25) is 0 Å². The van der Waals surface area contributed by atoms with Crippen molar-refractivity contribution in [3.8, 4) is 5.69 Å². The summed E-state index contributed by atoms with van der Waals surface area (Å²) in [7, 11) is 0. The molecule has 0 radical (unpaired) electrons. The molecule has 2 aromatic rings. The molecule has 0 aliphatic rings. The highest BCUT2D eigenvalue weighted by molar-refractivity contribution is 6.29. The van der Waals surface area contributed by atoms with E-state index in [0.29, 0.717) is 0 Å². The largest absolute Gasteiger partial charge is 0.308 e. The second kappa shape index (κ2) is 3.03. The van der Waals surface area contributed by atoms with E-state index < -0.39 is 0 Å². The number of hydrogen-bond acceptors (Lipinski definition) is 0. The van der Waals surface area contributed by atoms with Gasteiger partial charge in [-0.15, -0.1) is 0 Å². The van der Waals surface area contributed by atoms with Gasteiger partial charge in [-0.05, 0) is 24.3 Å². The molecular formula is C10H8ClN. The molecule has 0 bridgehead atoms. The molecule has 0 N–H and O–H groups in total. The molecule has 0 unspecified atom stereocenters. The van der Waals surface area contributed by atoms with Crippen molar-refractivity contribution >= 4 is 11.6 Å². The number of aromatic nitrogens is 1. The van der Waals surface area contributed by atoms with Gasteiger partial charge < -0.3 is 4.57 Å². The van der Waals surface area contributed by atoms with Gasteiger partial charge in [-0.2, -0.15) is 0 Å². The van der Waals surface area contributed by atoms with Crippen LogP contribution in [-0.4, -0.2) is 4.57 Å². The Hall–Kier alpha value is -1.21. The topological polar surface area (TPSA) is 4.93 Å². The first-order valence-corrected chi connectivity index (χ1v) is 4.14. The predicted octanol–water partition coefficient (Wildman–Crippen LogP) is 3.13. The molecule has 0 aliphatic heterocycles. The molecule has 0 fully saturated rings. The minimum Gasteiger partial charge on any atom is -0.308 e. The lowest BCUT2D eigenvalue weighted by Gasteiger charge is -2.02. The second-order valence-corrected chi connectivity index (χ2v) is 2.92. The lowest BCUT2D eigenvalue weighted by atomic mass is 10.3. The Morgan fingerprint density at radius 2 is 1.67 bits per heavy atom. The maximum Gasteiger partial charge on any atom is 0.113 e. The van der Waals surface area contributed by atoms with Crippen molar-refractivity contribution in [1.82, 2.24) is 4.57 Å². The predicted molar refractivity (Wildman–Crippen MR) is 50.8 cm³/mol. The quantitative estimate of drug-likeness (QED) is 0.631. The first kappa shape index (κ1) is 7.44. The highest BCUT2D eigenvalue weighted by Gasteiger charge is 1.97. The molecule has 2 heteroatoms. The highest BCUT2D eigenvalue weighted by atomic mass is 35.5. The summed E-state index contributed by atoms with van der Waals surface area (Å²) in [5.41, 5.74) is 1.09. The van der Waals surface area contributed by atoms with Crippen LogP contribution in [0.4, 0.5) is 0 Å². The summed E-state index contributed by atoms with van der Waals surface area (Å²) in [5, 5.41) is 0.737. The zero-order valence-corrected chi connectivity index (χ0v) is 7.20. The summed E-state index contributed by atoms with van der Waals surface area (Å²) in [6, 6.07) is 13.8. The van der Waals surface area contributed by atoms with E-state index in [4.69, 9.17) is 11.6 Å². The van der Waals surface area contributed by atoms with Crippen molar-refractivity contribution in [2.75, 3.05) is 0 Å². The molecule has 0 aliphatic carbocycles. The van der Waals surface area contributed by atoms with Gasteiger partial charge in [0, 0.05) is 11.9 Å². The smallest absolute Gasteiger partial charge is 0.113 e. The molecule has 1 aromatic heterocycles. The van der Waals surface area contributed by atoms with E-state index in [9.17, 15) is 0 Å². The van der Waals surface area contributed by atoms with Crippen LogP contribution < -0.4 is 0 Å². The Bertz CT molecular complexity index is 364. The normalized spacial score (nSPS) is 10.1. The standard InChI is InChI=1S/C10H8ClN/c11-10-7-4-8-12(10)9-5-2-1-3-6-9/h1-8H. The fourth-order valence-electron chi connectivity index (χ4n) is 1.16. The summed E-state index contributed by atoms with van der Waals surface area (Å²) in [6.07, 6.45) is 1.94. The zero-order chi connectivity index (χ0) is 8.39. The lowest BCUT2D eigenvalue weighted by molar-refractivity contribution is 1.08. The molecule has 0 spiro atoms. The van der Waals surface area contributed by atoms with Gasteiger partial charge in [0.15, 0.2) is 0 Å². The summed E-state index contributed by atoms with van der Waals surface area (Å²) in [6.45, 7) is 0. The Balaban J connectivity index is 2.51. The molecule has 2 rings (SSSR count). The third-order valence-corrected chi connectivity index (χ3v) is 2.04. The summed E-state index contributed by atoms with van der Waals surface area (Å²) in [5.74, 6) is 0. The minimum atomic E-state index is 0.737. The first-order chi connectivity index (χ1) is 5.88. The van der Waals surface area contributed by atoms with E-state index in [-0.39, 0.29) is 0 Å². The number of nitrogens with zero attached hydrogens (tertiary/aromatic N) is 1. The number of para-hydroxylation sites is 1. The molecule has 0 amide bonds. The third-order valence-electron chi connectivity index (χ3n) is 1.73. The fraction of sp³-hybridized carbons (Fsp3) is 0. The Kier molecular flexibility index (Phi) is 1.88. The van der Waals surface area contributed by atoms with Crippen LogP contribution in [0.15, 0.2) is 48.7 Å². The van der Waals surface area contributed by atoms with Crippen molar-refractivity contribution < 1.29 is 0 Å². The number of benzene rings is 1. The van der Waals surface area contributed by atoms with Crippen molar-refractivity contribution in [3.63, 3.8) is 0 Å². The van der Waals surface area contributed by atoms with Crippen molar-refractivity contribution in [1.29, 1.82) is 0 Å². The van der Waals surface area contributed by atoms with Gasteiger partial charge in [0.2, 0.25) is 0 Å². The summed E-state index contributed by atoms with van der Waals surface area (Å²) in [4.78, 5) is 0. The molecule has 1 nitrogen and oxygen atoms in total. The van der Waals surface area contributed by atoms with E-state index in [1.807, 2.05) is 53.2 Å². The van der Waals surface area contributed by atoms with Crippen LogP contribution in [0.2, 0.25) is 5.15 Å². The highest BCUT2D eigenvalue weighted by Crippen LogP contribution is 2.15. The Morgan fingerprint density at radius 1 is 0.917 bits per heavy atom. The van der Waals surface area contributed by atoms with E-state index in [0.717, 1.165) is 10.8 Å². The van der Waals surface area contributed by atoms with E-state index in [2.05, 4.69) is 0 Å². The monoisotopic (exact) mass is 177 g/mol. The van der Waals surface area contributed by atoms with Gasteiger partial charge >= 0.3 is 0 Å². The average Bonchev–Trinajstić information content (AvgIpc) is 2.53. The van der Waals surface area contributed by atoms with E-state index >= 15 is 0 Å². The number of halogens is 1. The second-order valence-electron chi connectivity index (χ2n) is 2.54. The molecule has 60 valence electrons. The Labute approximate surface area is 76.2 Å². The van der Waals surface area contributed by atoms with Crippen LogP contribution >= 0.6 is 11.6 Å². The molecule has 0 saturated carbocycles. The first-order valence-electron chi connectivity index (χ1n) is 3.76. The maximum atomic E-state index is 5.94. The SMILES string of the molecule is Clc1cccn1-c1ccccc1. The van der Waals surface area contributed by atoms with Gasteiger partial charge in [-0.25, -0.2) is 0 Å². The van der Waals surface area contributed by atoms with E-state index in [1.54, 1.807) is 0 Å². The van der Waals surface area contributed by atoms with Crippen LogP contribution in [0.1, 0.15) is 0 Å². The van der Waals surface area contributed by atoms with Crippen LogP contribution in [0, 0.1) is 0 Å². The van der Waals surface area contributed by atoms with Gasteiger partial charge in [-0.1, -0.05) is 29.8 Å². The Morgan fingerprint density at radius 3 is 2.25 bits per heavy atom. The zero-order valence-electron chi connectivity index (χ0n) is 6.44. The number of hydrogen-bond donors (Lipinski definition) is 0. The van der Waals surface area contributed by atoms with Crippen LogP contribution in [0.25, 0.3) is 5.69 Å². The third kappa shape index (κ3) is 1.23. The van der Waals surface area contributed by atoms with Gasteiger partial charge in [0.25, 0.3) is 0 Å². The van der Waals surface area contributed by atoms with Gasteiger partial charge in [0.1, 0.15) is 5.15 Å². The van der Waals surface area contributed by atoms with Crippen LogP contribution in [0.5, 0.6) is 0 Å². The maximum absolute atomic E-state index is 5.94. The van der Waals surface area contributed by atoms with Crippen LogP contribution in [-0.2, 0) is 0 Å². The molecular weight excluding hydrogens is 170 g/mol. The molecule has 0 atom stereocenters. The average molecular weight is 178 g/mol. The van der Waals surface area contributed by atoms with Crippen molar-refractivity contribution in [3.05, 3.63) is 53.8 Å². The summed E-state index contributed by atoms with van der Waals surface area (Å²) < 4.78 is 1.93. The van der Waals surface area contributed by atoms with Crippen molar-refractivity contribution in [2.45, 2.75) is 0 Å². The van der Waals surface area contributed by atoms with Gasteiger partial charge in [0.05, 0.1) is 0 Å². The van der Waals surface area contributed by atoms with Crippen LogP contribution in [0.3, 0.4) is 0 Å². The fourth-order valence-corrected chi connectivity index (χ4v) is 1.38. The minimum absolute atomic E-state index is 0.737. The molecule has 1 heterocycles. The molecule has 0 saturated heterocycles.